The molecule has 0 saturated carbocycles. The number of carbonyl (C=O) groups is 1. The number of hydrogen-bond donors (Lipinski definition) is 0. The molecule has 1 aromatic heterocycles. The van der Waals surface area contributed by atoms with E-state index >= 15 is 0 Å². The molecule has 2 rings (SSSR count). The highest BCUT2D eigenvalue weighted by atomic mass is 35.5. The van der Waals surface area contributed by atoms with Crippen LogP contribution >= 0.6 is 11.6 Å². The molecular weight excluding hydrogens is 292 g/mol. The van der Waals surface area contributed by atoms with Gasteiger partial charge in [0.15, 0.2) is 5.78 Å². The van der Waals surface area contributed by atoms with E-state index in [1.54, 1.807) is 18.2 Å². The predicted octanol–water partition coefficient (Wildman–Crippen LogP) is 2.55. The zero-order valence-electron chi connectivity index (χ0n) is 11.8. The highest BCUT2D eigenvalue weighted by Gasteiger charge is 2.10. The minimum Gasteiger partial charge on any atom is -0.494 e. The Balaban J connectivity index is 2.45. The van der Waals surface area contributed by atoms with Crippen molar-refractivity contribution in [2.24, 2.45) is 0 Å². The third kappa shape index (κ3) is 3.70. The summed E-state index contributed by atoms with van der Waals surface area (Å²) in [5.41, 5.74) is 0.891. The summed E-state index contributed by atoms with van der Waals surface area (Å²) < 4.78 is 6.91. The van der Waals surface area contributed by atoms with Gasteiger partial charge in [0.05, 0.1) is 24.4 Å². The van der Waals surface area contributed by atoms with Crippen LogP contribution in [0.15, 0.2) is 35.4 Å². The van der Waals surface area contributed by atoms with Gasteiger partial charge in [-0.25, -0.2) is 9.78 Å². The van der Waals surface area contributed by atoms with Crippen LogP contribution in [0, 0.1) is 0 Å². The van der Waals surface area contributed by atoms with Crippen molar-refractivity contribution in [1.29, 1.82) is 0 Å². The molecule has 0 N–H and O–H groups in total. The van der Waals surface area contributed by atoms with Crippen LogP contribution in [0.5, 0.6) is 5.75 Å². The minimum absolute atomic E-state index is 0.0455. The van der Waals surface area contributed by atoms with Crippen LogP contribution in [0.2, 0.25) is 5.02 Å². The van der Waals surface area contributed by atoms with Gasteiger partial charge in [0.25, 0.3) is 0 Å². The molecule has 0 saturated heterocycles. The third-order valence-corrected chi connectivity index (χ3v) is 3.13. The highest BCUT2D eigenvalue weighted by molar-refractivity contribution is 6.30. The van der Waals surface area contributed by atoms with E-state index in [-0.39, 0.29) is 12.3 Å². The highest BCUT2D eigenvalue weighted by Crippen LogP contribution is 2.21. The van der Waals surface area contributed by atoms with Crippen molar-refractivity contribution in [2.45, 2.75) is 20.4 Å². The lowest BCUT2D eigenvalue weighted by atomic mass is 10.1. The summed E-state index contributed by atoms with van der Waals surface area (Å²) in [5, 5.41) is 0.371. The van der Waals surface area contributed by atoms with Gasteiger partial charge in [-0.2, -0.15) is 0 Å². The summed E-state index contributed by atoms with van der Waals surface area (Å²) in [7, 11) is 0. The molecule has 21 heavy (non-hydrogen) atoms. The van der Waals surface area contributed by atoms with Crippen LogP contribution in [-0.2, 0) is 6.54 Å². The number of nitrogens with zero attached hydrogens (tertiary/aromatic N) is 2. The summed E-state index contributed by atoms with van der Waals surface area (Å²) in [5.74, 6) is 0.588. The van der Waals surface area contributed by atoms with E-state index in [2.05, 4.69) is 4.98 Å². The van der Waals surface area contributed by atoms with Crippen LogP contribution in [-0.4, -0.2) is 21.9 Å². The van der Waals surface area contributed by atoms with Crippen LogP contribution < -0.4 is 10.4 Å². The second-order valence-corrected chi connectivity index (χ2v) is 4.93. The van der Waals surface area contributed by atoms with Crippen molar-refractivity contribution in [2.75, 3.05) is 6.61 Å². The Labute approximate surface area is 127 Å². The van der Waals surface area contributed by atoms with Crippen molar-refractivity contribution in [3.05, 3.63) is 57.2 Å². The quantitative estimate of drug-likeness (QED) is 0.796. The van der Waals surface area contributed by atoms with Crippen molar-refractivity contribution in [3.63, 3.8) is 0 Å². The zero-order chi connectivity index (χ0) is 15.4. The molecule has 0 amide bonds. The Kier molecular flexibility index (Phi) is 4.75. The number of hydrogen-bond acceptors (Lipinski definition) is 4. The van der Waals surface area contributed by atoms with Crippen LogP contribution in [0.4, 0.5) is 0 Å². The number of rotatable bonds is 5. The Hall–Kier alpha value is -2.14. The second kappa shape index (κ2) is 6.54. The molecule has 0 aliphatic heterocycles. The molecule has 1 heterocycles. The van der Waals surface area contributed by atoms with E-state index in [1.807, 2.05) is 6.92 Å². The lowest BCUT2D eigenvalue weighted by molar-refractivity contribution is 0.101. The molecule has 0 atom stereocenters. The van der Waals surface area contributed by atoms with Gasteiger partial charge >= 0.3 is 5.69 Å². The molecule has 0 unspecified atom stereocenters. The normalized spacial score (nSPS) is 10.4. The van der Waals surface area contributed by atoms with Gasteiger partial charge in [0.1, 0.15) is 5.75 Å². The fraction of sp³-hybridized carbons (Fsp3) is 0.267. The number of halogens is 1. The Morgan fingerprint density at radius 1 is 1.43 bits per heavy atom. The maximum Gasteiger partial charge on any atom is 0.347 e. The van der Waals surface area contributed by atoms with Gasteiger partial charge in [-0.3, -0.25) is 9.36 Å². The summed E-state index contributed by atoms with van der Waals surface area (Å²) in [4.78, 5) is 26.9. The smallest absolute Gasteiger partial charge is 0.347 e. The number of carbonyl (C=O) groups excluding carboxylic acids is 1. The summed E-state index contributed by atoms with van der Waals surface area (Å²) in [6.45, 7) is 4.10. The largest absolute Gasteiger partial charge is 0.494 e. The summed E-state index contributed by atoms with van der Waals surface area (Å²) in [6.07, 6.45) is 2.81. The lowest BCUT2D eigenvalue weighted by Crippen LogP contribution is -2.22. The average Bonchev–Trinajstić information content (AvgIpc) is 2.44. The second-order valence-electron chi connectivity index (χ2n) is 4.49. The number of aromatic nitrogens is 2. The maximum absolute atomic E-state index is 11.7. The first kappa shape index (κ1) is 15.3. The van der Waals surface area contributed by atoms with Crippen molar-refractivity contribution >= 4 is 17.4 Å². The van der Waals surface area contributed by atoms with Crippen LogP contribution in [0.1, 0.15) is 29.8 Å². The molecular formula is C15H15ClN2O3. The van der Waals surface area contributed by atoms with Gasteiger partial charge in [-0.1, -0.05) is 11.6 Å². The van der Waals surface area contributed by atoms with E-state index in [9.17, 15) is 9.59 Å². The Morgan fingerprint density at radius 2 is 2.19 bits per heavy atom. The van der Waals surface area contributed by atoms with Crippen LogP contribution in [0.25, 0.3) is 0 Å². The Morgan fingerprint density at radius 3 is 2.86 bits per heavy atom. The molecule has 5 nitrogen and oxygen atoms in total. The van der Waals surface area contributed by atoms with E-state index < -0.39 is 5.69 Å². The van der Waals surface area contributed by atoms with Gasteiger partial charge in [0.2, 0.25) is 0 Å². The lowest BCUT2D eigenvalue weighted by Gasteiger charge is -2.12. The first-order valence-electron chi connectivity index (χ1n) is 6.50. The topological polar surface area (TPSA) is 61.2 Å². The number of benzene rings is 1. The monoisotopic (exact) mass is 306 g/mol. The average molecular weight is 307 g/mol. The van der Waals surface area contributed by atoms with E-state index in [0.717, 1.165) is 5.56 Å². The number of ketones is 1. The summed E-state index contributed by atoms with van der Waals surface area (Å²) >= 11 is 5.86. The third-order valence-electron chi connectivity index (χ3n) is 2.93. The molecule has 0 fully saturated rings. The zero-order valence-corrected chi connectivity index (χ0v) is 12.6. The maximum atomic E-state index is 11.7. The first-order valence-corrected chi connectivity index (χ1v) is 6.87. The standard InChI is InChI=1S/C15H15ClN2O3/c1-3-21-14-5-4-11(10(2)19)6-12(14)8-18-9-13(16)7-17-15(18)20/h4-7,9H,3,8H2,1-2H3. The van der Waals surface area contributed by atoms with Crippen LogP contribution in [0.3, 0.4) is 0 Å². The van der Waals surface area contributed by atoms with Gasteiger partial charge in [-0.05, 0) is 32.0 Å². The van der Waals surface area contributed by atoms with Gasteiger partial charge in [0, 0.05) is 17.3 Å². The number of ether oxygens (including phenoxy) is 1. The fourth-order valence-corrected chi connectivity index (χ4v) is 2.11. The SMILES string of the molecule is CCOc1ccc(C(C)=O)cc1Cn1cc(Cl)cnc1=O. The molecule has 0 spiro atoms. The molecule has 1 aromatic carbocycles. The van der Waals surface area contributed by atoms with Crippen molar-refractivity contribution in [3.8, 4) is 5.75 Å². The van der Waals surface area contributed by atoms with E-state index in [4.69, 9.17) is 16.3 Å². The van der Waals surface area contributed by atoms with Gasteiger partial charge < -0.3 is 4.74 Å². The number of Topliss-reactive ketones (excluding diaryl/α,β-unsaturated/α-hetero) is 1. The van der Waals surface area contributed by atoms with Crippen molar-refractivity contribution < 1.29 is 9.53 Å². The molecule has 110 valence electrons. The first-order chi connectivity index (χ1) is 10.0. The van der Waals surface area contributed by atoms with Gasteiger partial charge in [-0.15, -0.1) is 0 Å². The molecule has 0 radical (unpaired) electrons. The summed E-state index contributed by atoms with van der Waals surface area (Å²) in [6, 6.07) is 5.16. The molecule has 0 aliphatic carbocycles. The molecule has 0 bridgehead atoms. The molecule has 6 heteroatoms. The molecule has 2 aromatic rings. The Bertz CT molecular complexity index is 725. The van der Waals surface area contributed by atoms with E-state index in [1.165, 1.54) is 23.9 Å². The van der Waals surface area contributed by atoms with E-state index in [0.29, 0.717) is 22.9 Å². The molecule has 0 aliphatic rings. The predicted molar refractivity (Wildman–Crippen MR) is 80.2 cm³/mol. The minimum atomic E-state index is -0.407. The van der Waals surface area contributed by atoms with Crippen molar-refractivity contribution in [1.82, 2.24) is 9.55 Å². The fourth-order valence-electron chi connectivity index (χ4n) is 1.94.